The molecule has 0 aromatic rings. The third-order valence-electron chi connectivity index (χ3n) is 5.05. The smallest absolute Gasteiger partial charge is 0.326 e. The lowest BCUT2D eigenvalue weighted by atomic mass is 10.1. The van der Waals surface area contributed by atoms with Crippen molar-refractivity contribution >= 4 is 11.9 Å². The van der Waals surface area contributed by atoms with E-state index in [1.807, 2.05) is 6.92 Å². The Bertz CT molecular complexity index is 511. The van der Waals surface area contributed by atoms with Gasteiger partial charge in [0.25, 0.3) is 0 Å². The van der Waals surface area contributed by atoms with E-state index in [4.69, 9.17) is 5.73 Å². The number of amides is 1. The topological polar surface area (TPSA) is 86.9 Å². The maximum atomic E-state index is 12.6. The number of carboxylic acids is 1. The van der Waals surface area contributed by atoms with Crippen LogP contribution >= 0.6 is 0 Å². The number of unbranched alkanes of at least 4 members (excludes halogenated alkanes) is 3. The van der Waals surface area contributed by atoms with E-state index in [-0.39, 0.29) is 11.9 Å². The first-order chi connectivity index (χ1) is 11.5. The lowest BCUT2D eigenvalue weighted by Crippen LogP contribution is -2.57. The minimum Gasteiger partial charge on any atom is -0.480 e. The van der Waals surface area contributed by atoms with Crippen molar-refractivity contribution in [3.63, 3.8) is 0 Å². The third kappa shape index (κ3) is 4.71. The Labute approximate surface area is 144 Å². The first kappa shape index (κ1) is 18.8. The summed E-state index contributed by atoms with van der Waals surface area (Å²) in [6, 6.07) is -1.30. The van der Waals surface area contributed by atoms with Gasteiger partial charge in [0.05, 0.1) is 6.04 Å². The van der Waals surface area contributed by atoms with E-state index in [0.29, 0.717) is 13.0 Å². The lowest BCUT2D eigenvalue weighted by Gasteiger charge is -2.36. The standard InChI is InChI=1S/C18H29N3O3/c1-2-3-4-5-6-7-11-20-12-10-14-8-9-16(18(23)24)21(14)17(22)15(19)13-20/h14-16H,4-13,19H2,1H3,(H,23,24)/t14-,15+,16+/m1/s1. The zero-order valence-corrected chi connectivity index (χ0v) is 14.5. The monoisotopic (exact) mass is 335 g/mol. The van der Waals surface area contributed by atoms with Crippen LogP contribution in [0.2, 0.25) is 0 Å². The van der Waals surface area contributed by atoms with Gasteiger partial charge in [-0.15, -0.1) is 11.8 Å². The van der Waals surface area contributed by atoms with E-state index in [1.54, 1.807) is 4.90 Å². The van der Waals surface area contributed by atoms with Gasteiger partial charge in [-0.3, -0.25) is 4.79 Å². The van der Waals surface area contributed by atoms with Crippen LogP contribution in [0, 0.1) is 11.8 Å². The van der Waals surface area contributed by atoms with E-state index >= 15 is 0 Å². The number of hydrogen-bond acceptors (Lipinski definition) is 4. The minimum atomic E-state index is -0.911. The zero-order chi connectivity index (χ0) is 17.5. The molecule has 2 saturated heterocycles. The van der Waals surface area contributed by atoms with E-state index < -0.39 is 18.1 Å². The first-order valence-corrected chi connectivity index (χ1v) is 8.97. The Morgan fingerprint density at radius 3 is 2.79 bits per heavy atom. The minimum absolute atomic E-state index is 0.0206. The molecular formula is C18H29N3O3. The molecule has 6 heteroatoms. The summed E-state index contributed by atoms with van der Waals surface area (Å²) < 4.78 is 0. The van der Waals surface area contributed by atoms with Gasteiger partial charge in [0.2, 0.25) is 5.91 Å². The summed E-state index contributed by atoms with van der Waals surface area (Å²) in [5.41, 5.74) is 6.08. The highest BCUT2D eigenvalue weighted by Crippen LogP contribution is 2.29. The van der Waals surface area contributed by atoms with Crippen molar-refractivity contribution in [1.29, 1.82) is 0 Å². The molecule has 0 aliphatic carbocycles. The van der Waals surface area contributed by atoms with Crippen molar-refractivity contribution in [2.75, 3.05) is 19.6 Å². The first-order valence-electron chi connectivity index (χ1n) is 8.97. The Kier molecular flexibility index (Phi) is 7.07. The molecule has 0 aromatic carbocycles. The number of carbonyl (C=O) groups excluding carboxylic acids is 1. The number of nitrogens with zero attached hydrogens (tertiary/aromatic N) is 2. The SMILES string of the molecule is CC#CCCCCCN1CC[C@H]2CC[C@@H](C(=O)O)N2C(=O)[C@@H](N)C1. The highest BCUT2D eigenvalue weighted by molar-refractivity contribution is 5.88. The van der Waals surface area contributed by atoms with Crippen LogP contribution in [0.15, 0.2) is 0 Å². The number of carbonyl (C=O) groups is 2. The highest BCUT2D eigenvalue weighted by atomic mass is 16.4. The quantitative estimate of drug-likeness (QED) is 0.560. The van der Waals surface area contributed by atoms with Crippen molar-refractivity contribution in [3.05, 3.63) is 0 Å². The summed E-state index contributed by atoms with van der Waals surface area (Å²) in [7, 11) is 0. The molecule has 3 atom stereocenters. The van der Waals surface area contributed by atoms with Crippen molar-refractivity contribution in [2.45, 2.75) is 70.0 Å². The molecule has 24 heavy (non-hydrogen) atoms. The molecule has 1 amide bonds. The van der Waals surface area contributed by atoms with Gasteiger partial charge in [-0.25, -0.2) is 4.79 Å². The third-order valence-corrected chi connectivity index (χ3v) is 5.05. The summed E-state index contributed by atoms with van der Waals surface area (Å²) in [6.45, 7) is 4.20. The summed E-state index contributed by atoms with van der Waals surface area (Å²) in [5.74, 6) is 4.87. The lowest BCUT2D eigenvalue weighted by molar-refractivity contribution is -0.151. The molecular weight excluding hydrogens is 306 g/mol. The number of fused-ring (bicyclic) bond motifs is 1. The second-order valence-electron chi connectivity index (χ2n) is 6.76. The zero-order valence-electron chi connectivity index (χ0n) is 14.5. The fourth-order valence-electron chi connectivity index (χ4n) is 3.77. The van der Waals surface area contributed by atoms with Crippen molar-refractivity contribution in [1.82, 2.24) is 9.80 Å². The number of nitrogens with two attached hydrogens (primary N) is 1. The number of carboxylic acid groups (broad SMARTS) is 1. The van der Waals surface area contributed by atoms with Crippen LogP contribution in [-0.2, 0) is 9.59 Å². The van der Waals surface area contributed by atoms with Gasteiger partial charge in [0.1, 0.15) is 6.04 Å². The molecule has 6 nitrogen and oxygen atoms in total. The van der Waals surface area contributed by atoms with Crippen molar-refractivity contribution < 1.29 is 14.7 Å². The second-order valence-corrected chi connectivity index (χ2v) is 6.76. The van der Waals surface area contributed by atoms with Crippen LogP contribution < -0.4 is 5.73 Å². The fraction of sp³-hybridized carbons (Fsp3) is 0.778. The van der Waals surface area contributed by atoms with Crippen LogP contribution in [-0.4, -0.2) is 64.5 Å². The maximum absolute atomic E-state index is 12.6. The fourth-order valence-corrected chi connectivity index (χ4v) is 3.77. The van der Waals surface area contributed by atoms with E-state index in [9.17, 15) is 14.7 Å². The molecule has 2 aliphatic rings. The van der Waals surface area contributed by atoms with Gasteiger partial charge in [-0.05, 0) is 45.6 Å². The summed E-state index contributed by atoms with van der Waals surface area (Å²) >= 11 is 0. The van der Waals surface area contributed by atoms with Crippen LogP contribution in [0.5, 0.6) is 0 Å². The summed E-state index contributed by atoms with van der Waals surface area (Å²) in [4.78, 5) is 27.8. The highest BCUT2D eigenvalue weighted by Gasteiger charge is 2.43. The average molecular weight is 335 g/mol. The van der Waals surface area contributed by atoms with E-state index in [0.717, 1.165) is 51.6 Å². The number of rotatable bonds is 6. The molecule has 2 heterocycles. The molecule has 0 saturated carbocycles. The number of hydrogen-bond donors (Lipinski definition) is 2. The summed E-state index contributed by atoms with van der Waals surface area (Å²) in [5, 5.41) is 9.32. The molecule has 0 unspecified atom stereocenters. The van der Waals surface area contributed by atoms with Gasteiger partial charge in [-0.2, -0.15) is 0 Å². The van der Waals surface area contributed by atoms with E-state index in [1.165, 1.54) is 0 Å². The molecule has 134 valence electrons. The van der Waals surface area contributed by atoms with Gasteiger partial charge in [-0.1, -0.05) is 6.42 Å². The molecule has 0 aromatic heterocycles. The Balaban J connectivity index is 1.86. The molecule has 2 aliphatic heterocycles. The molecule has 0 bridgehead atoms. The molecule has 2 fully saturated rings. The Morgan fingerprint density at radius 1 is 1.29 bits per heavy atom. The predicted octanol–water partition coefficient (Wildman–Crippen LogP) is 1.05. The molecule has 2 rings (SSSR count). The van der Waals surface area contributed by atoms with E-state index in [2.05, 4.69) is 16.7 Å². The molecule has 3 N–H and O–H groups in total. The van der Waals surface area contributed by atoms with Gasteiger partial charge < -0.3 is 20.6 Å². The Hall–Kier alpha value is -1.58. The second kappa shape index (κ2) is 9.05. The Morgan fingerprint density at radius 2 is 2.08 bits per heavy atom. The van der Waals surface area contributed by atoms with Gasteiger partial charge in [0.15, 0.2) is 0 Å². The van der Waals surface area contributed by atoms with Gasteiger partial charge in [0, 0.05) is 25.6 Å². The van der Waals surface area contributed by atoms with Crippen LogP contribution in [0.3, 0.4) is 0 Å². The predicted molar refractivity (Wildman–Crippen MR) is 92.2 cm³/mol. The van der Waals surface area contributed by atoms with Crippen LogP contribution in [0.1, 0.15) is 51.9 Å². The summed E-state index contributed by atoms with van der Waals surface area (Å²) in [6.07, 6.45) is 6.40. The average Bonchev–Trinajstić information content (AvgIpc) is 2.97. The van der Waals surface area contributed by atoms with Crippen LogP contribution in [0.4, 0.5) is 0 Å². The number of aliphatic carboxylic acids is 1. The largest absolute Gasteiger partial charge is 0.480 e. The van der Waals surface area contributed by atoms with Crippen LogP contribution in [0.25, 0.3) is 0 Å². The molecule has 0 radical (unpaired) electrons. The maximum Gasteiger partial charge on any atom is 0.326 e. The van der Waals surface area contributed by atoms with Crippen molar-refractivity contribution in [3.8, 4) is 11.8 Å². The normalized spacial score (nSPS) is 27.8. The van der Waals surface area contributed by atoms with Crippen molar-refractivity contribution in [2.24, 2.45) is 5.73 Å². The molecule has 0 spiro atoms. The van der Waals surface area contributed by atoms with Gasteiger partial charge >= 0.3 is 5.97 Å².